The van der Waals surface area contributed by atoms with Gasteiger partial charge >= 0.3 is 0 Å². The first-order valence-electron chi connectivity index (χ1n) is 6.63. The molecular formula is C15H23NO. The molecule has 0 amide bonds. The number of hydrogen-bond acceptors (Lipinski definition) is 2. The summed E-state index contributed by atoms with van der Waals surface area (Å²) in [6, 6.07) is 11.7. The molecule has 0 spiro atoms. The number of nitrogens with one attached hydrogen (secondary N) is 1. The fourth-order valence-corrected chi connectivity index (χ4v) is 2.56. The number of hydrogen-bond donors (Lipinski definition) is 1. The van der Waals surface area contributed by atoms with Crippen molar-refractivity contribution in [2.45, 2.75) is 38.8 Å². The predicted octanol–water partition coefficient (Wildman–Crippen LogP) is 2.63. The summed E-state index contributed by atoms with van der Waals surface area (Å²) in [7, 11) is 0. The summed E-state index contributed by atoms with van der Waals surface area (Å²) < 4.78 is 5.44. The predicted molar refractivity (Wildman–Crippen MR) is 71.1 cm³/mol. The zero-order chi connectivity index (χ0) is 12.1. The van der Waals surface area contributed by atoms with Gasteiger partial charge in [-0.05, 0) is 38.2 Å². The fraction of sp³-hybridized carbons (Fsp3) is 0.600. The van der Waals surface area contributed by atoms with E-state index in [9.17, 15) is 0 Å². The van der Waals surface area contributed by atoms with Crippen molar-refractivity contribution in [3.63, 3.8) is 0 Å². The van der Waals surface area contributed by atoms with Crippen LogP contribution in [0.4, 0.5) is 0 Å². The summed E-state index contributed by atoms with van der Waals surface area (Å²) in [5.41, 5.74) is 1.40. The van der Waals surface area contributed by atoms with Crippen LogP contribution in [-0.2, 0) is 11.2 Å². The lowest BCUT2D eigenvalue weighted by atomic mass is 9.98. The molecule has 1 heterocycles. The quantitative estimate of drug-likeness (QED) is 0.844. The molecule has 1 aromatic carbocycles. The molecular weight excluding hydrogens is 210 g/mol. The van der Waals surface area contributed by atoms with Gasteiger partial charge in [0.2, 0.25) is 0 Å². The fourth-order valence-electron chi connectivity index (χ4n) is 2.56. The molecule has 0 aromatic heterocycles. The molecule has 1 aliphatic rings. The van der Waals surface area contributed by atoms with Crippen molar-refractivity contribution in [1.29, 1.82) is 0 Å². The van der Waals surface area contributed by atoms with Crippen molar-refractivity contribution >= 4 is 0 Å². The largest absolute Gasteiger partial charge is 0.381 e. The van der Waals surface area contributed by atoms with Crippen LogP contribution >= 0.6 is 0 Å². The molecule has 2 nitrogen and oxygen atoms in total. The minimum absolute atomic E-state index is 0.521. The molecule has 17 heavy (non-hydrogen) atoms. The summed E-state index contributed by atoms with van der Waals surface area (Å²) in [4.78, 5) is 0. The van der Waals surface area contributed by atoms with Crippen LogP contribution in [0.3, 0.4) is 0 Å². The standard InChI is InChI=1S/C15H23NO/c1-12(10-14-6-4-3-5-7-14)16-13(2)15-8-9-17-11-15/h3-7,12-13,15-16H,8-11H2,1-2H3. The van der Waals surface area contributed by atoms with E-state index in [1.165, 1.54) is 12.0 Å². The van der Waals surface area contributed by atoms with E-state index in [0.29, 0.717) is 18.0 Å². The molecule has 2 rings (SSSR count). The van der Waals surface area contributed by atoms with E-state index in [1.54, 1.807) is 0 Å². The first kappa shape index (κ1) is 12.6. The van der Waals surface area contributed by atoms with Gasteiger partial charge in [0.25, 0.3) is 0 Å². The Balaban J connectivity index is 1.78. The Morgan fingerprint density at radius 1 is 1.29 bits per heavy atom. The zero-order valence-corrected chi connectivity index (χ0v) is 10.9. The van der Waals surface area contributed by atoms with Crippen LogP contribution < -0.4 is 5.32 Å². The van der Waals surface area contributed by atoms with Crippen molar-refractivity contribution in [2.24, 2.45) is 5.92 Å². The monoisotopic (exact) mass is 233 g/mol. The van der Waals surface area contributed by atoms with Gasteiger partial charge in [-0.15, -0.1) is 0 Å². The lowest BCUT2D eigenvalue weighted by Gasteiger charge is -2.24. The topological polar surface area (TPSA) is 21.3 Å². The summed E-state index contributed by atoms with van der Waals surface area (Å²) in [5.74, 6) is 0.688. The van der Waals surface area contributed by atoms with Crippen molar-refractivity contribution in [1.82, 2.24) is 5.32 Å². The molecule has 0 bridgehead atoms. The first-order chi connectivity index (χ1) is 8.25. The minimum atomic E-state index is 0.521. The van der Waals surface area contributed by atoms with Gasteiger partial charge in [-0.3, -0.25) is 0 Å². The van der Waals surface area contributed by atoms with Crippen molar-refractivity contribution in [3.05, 3.63) is 35.9 Å². The smallest absolute Gasteiger partial charge is 0.0509 e. The Hall–Kier alpha value is -0.860. The molecule has 1 saturated heterocycles. The normalized spacial score (nSPS) is 23.5. The van der Waals surface area contributed by atoms with E-state index < -0.39 is 0 Å². The zero-order valence-electron chi connectivity index (χ0n) is 10.9. The third-order valence-corrected chi connectivity index (χ3v) is 3.60. The molecule has 3 unspecified atom stereocenters. The lowest BCUT2D eigenvalue weighted by molar-refractivity contribution is 0.177. The second kappa shape index (κ2) is 6.18. The van der Waals surface area contributed by atoms with Crippen LogP contribution in [-0.4, -0.2) is 25.3 Å². The van der Waals surface area contributed by atoms with E-state index in [2.05, 4.69) is 49.5 Å². The third kappa shape index (κ3) is 3.83. The molecule has 1 aliphatic heterocycles. The van der Waals surface area contributed by atoms with Crippen molar-refractivity contribution in [3.8, 4) is 0 Å². The Bertz CT molecular complexity index is 319. The highest BCUT2D eigenvalue weighted by molar-refractivity contribution is 5.15. The maximum atomic E-state index is 5.44. The van der Waals surface area contributed by atoms with Crippen LogP contribution in [0.15, 0.2) is 30.3 Å². The van der Waals surface area contributed by atoms with Gasteiger partial charge in [0.1, 0.15) is 0 Å². The van der Waals surface area contributed by atoms with Crippen LogP contribution in [0.5, 0.6) is 0 Å². The number of ether oxygens (including phenoxy) is 1. The van der Waals surface area contributed by atoms with Gasteiger partial charge in [0.05, 0.1) is 6.61 Å². The van der Waals surface area contributed by atoms with E-state index in [4.69, 9.17) is 4.74 Å². The SMILES string of the molecule is CC(Cc1ccccc1)NC(C)C1CCOC1. The summed E-state index contributed by atoms with van der Waals surface area (Å²) in [6.45, 7) is 6.40. The highest BCUT2D eigenvalue weighted by Gasteiger charge is 2.23. The summed E-state index contributed by atoms with van der Waals surface area (Å²) >= 11 is 0. The molecule has 3 atom stereocenters. The molecule has 0 aliphatic carbocycles. The maximum absolute atomic E-state index is 5.44. The highest BCUT2D eigenvalue weighted by Crippen LogP contribution is 2.17. The van der Waals surface area contributed by atoms with Gasteiger partial charge in [-0.2, -0.15) is 0 Å². The molecule has 94 valence electrons. The lowest BCUT2D eigenvalue weighted by Crippen LogP contribution is -2.40. The van der Waals surface area contributed by atoms with E-state index in [1.807, 2.05) is 0 Å². The summed E-state index contributed by atoms with van der Waals surface area (Å²) in [6.07, 6.45) is 2.30. The molecule has 0 radical (unpaired) electrons. The van der Waals surface area contributed by atoms with Crippen LogP contribution in [0.2, 0.25) is 0 Å². The first-order valence-corrected chi connectivity index (χ1v) is 6.63. The van der Waals surface area contributed by atoms with Crippen molar-refractivity contribution < 1.29 is 4.74 Å². The average Bonchev–Trinajstić information content (AvgIpc) is 2.83. The van der Waals surface area contributed by atoms with Crippen molar-refractivity contribution in [2.75, 3.05) is 13.2 Å². The van der Waals surface area contributed by atoms with Crippen LogP contribution in [0, 0.1) is 5.92 Å². The average molecular weight is 233 g/mol. The Morgan fingerprint density at radius 2 is 2.06 bits per heavy atom. The molecule has 1 fully saturated rings. The molecule has 1 N–H and O–H groups in total. The van der Waals surface area contributed by atoms with Gasteiger partial charge < -0.3 is 10.1 Å². The number of benzene rings is 1. The van der Waals surface area contributed by atoms with Gasteiger partial charge in [-0.25, -0.2) is 0 Å². The van der Waals surface area contributed by atoms with E-state index >= 15 is 0 Å². The third-order valence-electron chi connectivity index (χ3n) is 3.60. The number of rotatable bonds is 5. The molecule has 0 saturated carbocycles. The second-order valence-electron chi connectivity index (χ2n) is 5.17. The minimum Gasteiger partial charge on any atom is -0.381 e. The Morgan fingerprint density at radius 3 is 2.71 bits per heavy atom. The van der Waals surface area contributed by atoms with Crippen LogP contribution in [0.25, 0.3) is 0 Å². The van der Waals surface area contributed by atoms with Crippen LogP contribution in [0.1, 0.15) is 25.8 Å². The Labute approximate surface area is 104 Å². The Kier molecular flexibility index (Phi) is 4.57. The van der Waals surface area contributed by atoms with Gasteiger partial charge in [0.15, 0.2) is 0 Å². The molecule has 1 aromatic rings. The maximum Gasteiger partial charge on any atom is 0.0509 e. The van der Waals surface area contributed by atoms with Gasteiger partial charge in [0, 0.05) is 18.7 Å². The highest BCUT2D eigenvalue weighted by atomic mass is 16.5. The van der Waals surface area contributed by atoms with E-state index in [-0.39, 0.29) is 0 Å². The molecule has 2 heteroatoms. The van der Waals surface area contributed by atoms with E-state index in [0.717, 1.165) is 19.6 Å². The summed E-state index contributed by atoms with van der Waals surface area (Å²) in [5, 5.41) is 3.69. The second-order valence-corrected chi connectivity index (χ2v) is 5.17. The van der Waals surface area contributed by atoms with Gasteiger partial charge in [-0.1, -0.05) is 30.3 Å².